The Labute approximate surface area is 114 Å². The molecule has 1 N–H and O–H groups in total. The van der Waals surface area contributed by atoms with E-state index in [2.05, 4.69) is 0 Å². The second kappa shape index (κ2) is 6.48. The molecule has 0 radical (unpaired) electrons. The van der Waals surface area contributed by atoms with E-state index in [1.807, 2.05) is 44.2 Å². The summed E-state index contributed by atoms with van der Waals surface area (Å²) < 4.78 is 16.6. The minimum absolute atomic E-state index is 0.0506. The van der Waals surface area contributed by atoms with Crippen molar-refractivity contribution in [3.05, 3.63) is 35.9 Å². The van der Waals surface area contributed by atoms with Crippen molar-refractivity contribution in [2.45, 2.75) is 44.9 Å². The van der Waals surface area contributed by atoms with Gasteiger partial charge in [-0.15, -0.1) is 0 Å². The predicted molar refractivity (Wildman–Crippen MR) is 71.6 cm³/mol. The standard InChI is InChI=1S/C15H22O4/c1-15(2)18-11-14(19-15)8-13(16)10-17-9-12-6-4-3-5-7-12/h3-7,13-14,16H,8-11H2,1-2H3/t13-,14+/m0/s1. The van der Waals surface area contributed by atoms with Crippen molar-refractivity contribution in [2.75, 3.05) is 13.2 Å². The zero-order valence-corrected chi connectivity index (χ0v) is 11.5. The average Bonchev–Trinajstić information content (AvgIpc) is 2.70. The van der Waals surface area contributed by atoms with E-state index in [9.17, 15) is 5.11 Å². The fraction of sp³-hybridized carbons (Fsp3) is 0.600. The predicted octanol–water partition coefficient (Wildman–Crippen LogP) is 2.11. The Morgan fingerprint density at radius 2 is 2.11 bits per heavy atom. The van der Waals surface area contributed by atoms with Crippen LogP contribution in [0.5, 0.6) is 0 Å². The number of hydrogen-bond donors (Lipinski definition) is 1. The molecule has 0 aliphatic carbocycles. The fourth-order valence-electron chi connectivity index (χ4n) is 2.14. The van der Waals surface area contributed by atoms with E-state index in [1.165, 1.54) is 0 Å². The molecule has 0 amide bonds. The molecule has 0 aromatic heterocycles. The molecule has 1 fully saturated rings. The number of aliphatic hydroxyl groups is 1. The molecule has 1 saturated heterocycles. The van der Waals surface area contributed by atoms with Crippen LogP contribution >= 0.6 is 0 Å². The summed E-state index contributed by atoms with van der Waals surface area (Å²) in [5.41, 5.74) is 1.11. The summed E-state index contributed by atoms with van der Waals surface area (Å²) in [6.45, 7) is 5.12. The molecule has 106 valence electrons. The van der Waals surface area contributed by atoms with Gasteiger partial charge in [0.1, 0.15) is 0 Å². The number of rotatable bonds is 6. The lowest BCUT2D eigenvalue weighted by molar-refractivity contribution is -0.142. The molecule has 19 heavy (non-hydrogen) atoms. The molecule has 1 aromatic rings. The molecule has 2 atom stereocenters. The second-order valence-electron chi connectivity index (χ2n) is 5.34. The second-order valence-corrected chi connectivity index (χ2v) is 5.34. The molecule has 1 aromatic carbocycles. The van der Waals surface area contributed by atoms with Crippen LogP contribution in [0.4, 0.5) is 0 Å². The van der Waals surface area contributed by atoms with E-state index in [4.69, 9.17) is 14.2 Å². The highest BCUT2D eigenvalue weighted by Crippen LogP contribution is 2.24. The van der Waals surface area contributed by atoms with Crippen LogP contribution in [-0.2, 0) is 20.8 Å². The fourth-order valence-corrected chi connectivity index (χ4v) is 2.14. The first-order chi connectivity index (χ1) is 9.05. The summed E-state index contributed by atoms with van der Waals surface area (Å²) in [7, 11) is 0. The van der Waals surface area contributed by atoms with Crippen LogP contribution in [-0.4, -0.2) is 36.3 Å². The lowest BCUT2D eigenvalue weighted by atomic mass is 10.2. The minimum Gasteiger partial charge on any atom is -0.391 e. The highest BCUT2D eigenvalue weighted by atomic mass is 16.7. The van der Waals surface area contributed by atoms with Crippen LogP contribution in [0.25, 0.3) is 0 Å². The van der Waals surface area contributed by atoms with E-state index in [0.29, 0.717) is 26.2 Å². The lowest BCUT2D eigenvalue weighted by Gasteiger charge is -2.18. The summed E-state index contributed by atoms with van der Waals surface area (Å²) in [4.78, 5) is 0. The Kier molecular flexibility index (Phi) is 4.93. The monoisotopic (exact) mass is 266 g/mol. The first-order valence-electron chi connectivity index (χ1n) is 6.67. The van der Waals surface area contributed by atoms with Gasteiger partial charge in [0.2, 0.25) is 0 Å². The Hall–Kier alpha value is -0.940. The number of ether oxygens (including phenoxy) is 3. The lowest BCUT2D eigenvalue weighted by Crippen LogP contribution is -2.26. The van der Waals surface area contributed by atoms with Crippen molar-refractivity contribution in [1.82, 2.24) is 0 Å². The van der Waals surface area contributed by atoms with Crippen LogP contribution < -0.4 is 0 Å². The Morgan fingerprint density at radius 1 is 1.37 bits per heavy atom. The summed E-state index contributed by atoms with van der Waals surface area (Å²) in [6.07, 6.45) is -0.0327. The zero-order valence-electron chi connectivity index (χ0n) is 11.5. The zero-order chi connectivity index (χ0) is 13.7. The molecule has 0 saturated carbocycles. The van der Waals surface area contributed by atoms with Gasteiger partial charge in [0.15, 0.2) is 5.79 Å². The molecule has 1 heterocycles. The van der Waals surface area contributed by atoms with Gasteiger partial charge in [-0.3, -0.25) is 0 Å². The SMILES string of the molecule is CC1(C)OC[C@@H](C[C@H](O)COCc2ccccc2)O1. The van der Waals surface area contributed by atoms with Crippen molar-refractivity contribution in [3.8, 4) is 0 Å². The maximum absolute atomic E-state index is 9.90. The third kappa shape index (κ3) is 4.91. The van der Waals surface area contributed by atoms with Gasteiger partial charge in [-0.2, -0.15) is 0 Å². The summed E-state index contributed by atoms with van der Waals surface area (Å²) in [5, 5.41) is 9.90. The van der Waals surface area contributed by atoms with Crippen LogP contribution in [0.1, 0.15) is 25.8 Å². The smallest absolute Gasteiger partial charge is 0.163 e. The van der Waals surface area contributed by atoms with Crippen LogP contribution in [0.2, 0.25) is 0 Å². The van der Waals surface area contributed by atoms with Gasteiger partial charge in [0.25, 0.3) is 0 Å². The maximum Gasteiger partial charge on any atom is 0.163 e. The Balaban J connectivity index is 1.64. The first-order valence-corrected chi connectivity index (χ1v) is 6.67. The average molecular weight is 266 g/mol. The molecule has 1 aliphatic heterocycles. The number of benzene rings is 1. The van der Waals surface area contributed by atoms with Gasteiger partial charge in [-0.25, -0.2) is 0 Å². The quantitative estimate of drug-likeness (QED) is 0.856. The summed E-state index contributed by atoms with van der Waals surface area (Å²) in [6, 6.07) is 9.92. The largest absolute Gasteiger partial charge is 0.391 e. The first kappa shape index (κ1) is 14.5. The summed E-state index contributed by atoms with van der Waals surface area (Å²) >= 11 is 0. The van der Waals surface area contributed by atoms with Crippen molar-refractivity contribution in [2.24, 2.45) is 0 Å². The van der Waals surface area contributed by atoms with E-state index in [1.54, 1.807) is 0 Å². The van der Waals surface area contributed by atoms with Crippen molar-refractivity contribution in [3.63, 3.8) is 0 Å². The summed E-state index contributed by atoms with van der Waals surface area (Å²) in [5.74, 6) is -0.532. The van der Waals surface area contributed by atoms with Gasteiger partial charge < -0.3 is 19.3 Å². The van der Waals surface area contributed by atoms with Crippen molar-refractivity contribution >= 4 is 0 Å². The van der Waals surface area contributed by atoms with Crippen LogP contribution in [0.3, 0.4) is 0 Å². The normalized spacial score (nSPS) is 23.4. The van der Waals surface area contributed by atoms with Gasteiger partial charge in [0, 0.05) is 6.42 Å². The van der Waals surface area contributed by atoms with Crippen molar-refractivity contribution in [1.29, 1.82) is 0 Å². The van der Waals surface area contributed by atoms with Gasteiger partial charge in [0.05, 0.1) is 32.0 Å². The highest BCUT2D eigenvalue weighted by Gasteiger charge is 2.33. The molecule has 4 nitrogen and oxygen atoms in total. The number of hydrogen-bond acceptors (Lipinski definition) is 4. The topological polar surface area (TPSA) is 47.9 Å². The molecule has 2 rings (SSSR count). The Morgan fingerprint density at radius 3 is 2.74 bits per heavy atom. The van der Waals surface area contributed by atoms with Crippen LogP contribution in [0, 0.1) is 0 Å². The van der Waals surface area contributed by atoms with E-state index < -0.39 is 11.9 Å². The minimum atomic E-state index is -0.532. The van der Waals surface area contributed by atoms with Gasteiger partial charge in [-0.05, 0) is 19.4 Å². The molecular formula is C15H22O4. The molecular weight excluding hydrogens is 244 g/mol. The highest BCUT2D eigenvalue weighted by molar-refractivity contribution is 5.13. The van der Waals surface area contributed by atoms with E-state index in [0.717, 1.165) is 5.56 Å². The molecule has 0 unspecified atom stereocenters. The molecule has 0 bridgehead atoms. The number of aliphatic hydroxyl groups excluding tert-OH is 1. The third-order valence-corrected chi connectivity index (χ3v) is 3.02. The van der Waals surface area contributed by atoms with E-state index >= 15 is 0 Å². The van der Waals surface area contributed by atoms with Gasteiger partial charge >= 0.3 is 0 Å². The Bertz CT molecular complexity index is 377. The van der Waals surface area contributed by atoms with Gasteiger partial charge in [-0.1, -0.05) is 30.3 Å². The van der Waals surface area contributed by atoms with Crippen molar-refractivity contribution < 1.29 is 19.3 Å². The molecule has 4 heteroatoms. The maximum atomic E-state index is 9.90. The molecule has 1 aliphatic rings. The molecule has 0 spiro atoms. The van der Waals surface area contributed by atoms with Crippen LogP contribution in [0.15, 0.2) is 30.3 Å². The third-order valence-electron chi connectivity index (χ3n) is 3.02. The van der Waals surface area contributed by atoms with E-state index in [-0.39, 0.29) is 6.10 Å².